The summed E-state index contributed by atoms with van der Waals surface area (Å²) in [5, 5.41) is 0. The molecule has 0 amide bonds. The van der Waals surface area contributed by atoms with Crippen LogP contribution in [0.5, 0.6) is 0 Å². The zero-order valence-corrected chi connectivity index (χ0v) is 16.2. The van der Waals surface area contributed by atoms with Crippen LogP contribution in [0.1, 0.15) is 25.0 Å². The minimum Gasteiger partial charge on any atom is -0.741 e. The third kappa shape index (κ3) is 4.61. The van der Waals surface area contributed by atoms with Gasteiger partial charge in [-0.2, -0.15) is 17.7 Å². The van der Waals surface area contributed by atoms with Gasteiger partial charge in [-0.1, -0.05) is 42.3 Å². The predicted molar refractivity (Wildman–Crippen MR) is 99.4 cm³/mol. The monoisotopic (exact) mass is 409 g/mol. The van der Waals surface area contributed by atoms with E-state index in [-0.39, 0.29) is 5.41 Å². The van der Waals surface area contributed by atoms with Crippen molar-refractivity contribution in [2.75, 3.05) is 7.05 Å². The van der Waals surface area contributed by atoms with Gasteiger partial charge in [0.15, 0.2) is 10.1 Å². The molecule has 1 aliphatic heterocycles. The minimum absolute atomic E-state index is 0.0346. The van der Waals surface area contributed by atoms with Gasteiger partial charge >= 0.3 is 5.51 Å². The number of rotatable bonds is 0. The Morgan fingerprint density at radius 3 is 1.96 bits per heavy atom. The lowest BCUT2D eigenvalue weighted by Crippen LogP contribution is -2.27. The highest BCUT2D eigenvalue weighted by atomic mass is 32.2. The van der Waals surface area contributed by atoms with Crippen molar-refractivity contribution in [3.8, 4) is 11.8 Å². The minimum atomic E-state index is -6.09. The molecule has 0 unspecified atom stereocenters. The first-order valence-electron chi connectivity index (χ1n) is 8.15. The third-order valence-electron chi connectivity index (χ3n) is 4.25. The summed E-state index contributed by atoms with van der Waals surface area (Å²) < 4.78 is 61.1. The van der Waals surface area contributed by atoms with Crippen molar-refractivity contribution in [2.24, 2.45) is 0 Å². The average Bonchev–Trinajstić information content (AvgIpc) is 2.80. The smallest absolute Gasteiger partial charge is 0.485 e. The van der Waals surface area contributed by atoms with Crippen molar-refractivity contribution in [2.45, 2.75) is 24.8 Å². The molecular weight excluding hydrogens is 391 g/mol. The summed E-state index contributed by atoms with van der Waals surface area (Å²) in [5.41, 5.74) is -0.863. The summed E-state index contributed by atoms with van der Waals surface area (Å²) in [7, 11) is -3.99. The zero-order valence-electron chi connectivity index (χ0n) is 15.4. The number of alkyl halides is 3. The van der Waals surface area contributed by atoms with Crippen LogP contribution in [0.15, 0.2) is 54.6 Å². The van der Waals surface area contributed by atoms with Crippen LogP contribution in [-0.4, -0.2) is 35.8 Å². The first kappa shape index (κ1) is 21.7. The van der Waals surface area contributed by atoms with E-state index in [1.54, 1.807) is 0 Å². The lowest BCUT2D eigenvalue weighted by molar-refractivity contribution is -0.401. The summed E-state index contributed by atoms with van der Waals surface area (Å²) >= 11 is 0. The number of benzene rings is 2. The van der Waals surface area contributed by atoms with Gasteiger partial charge in [0.05, 0.1) is 5.41 Å². The molecule has 2 aromatic carbocycles. The first-order valence-corrected chi connectivity index (χ1v) is 9.56. The van der Waals surface area contributed by atoms with Crippen molar-refractivity contribution >= 4 is 21.5 Å². The lowest BCUT2D eigenvalue weighted by atomic mass is 9.82. The van der Waals surface area contributed by atoms with E-state index in [1.807, 2.05) is 30.3 Å². The largest absolute Gasteiger partial charge is 0.741 e. The molecular formula is C20H18F3NO3S. The quantitative estimate of drug-likeness (QED) is 0.288. The molecule has 4 nitrogen and oxygen atoms in total. The van der Waals surface area contributed by atoms with Crippen LogP contribution in [0.2, 0.25) is 0 Å². The standard InChI is InChI=1S/C19H18N.CHF3O3S/c1-19(2)16-11-7-8-12-17(16)20(3)18(19)14-13-15-9-5-4-6-10-15;2-1(3,4)8(5,6)7/h4-12H,1-3H3;(H,5,6,7)/q+1;/p-1. The first-order chi connectivity index (χ1) is 12.9. The fourth-order valence-corrected chi connectivity index (χ4v) is 2.85. The van der Waals surface area contributed by atoms with Crippen molar-refractivity contribution in [3.05, 3.63) is 65.7 Å². The Balaban J connectivity index is 0.000000300. The van der Waals surface area contributed by atoms with Crippen LogP contribution < -0.4 is 0 Å². The maximum Gasteiger partial charge on any atom is 0.485 e. The van der Waals surface area contributed by atoms with Gasteiger partial charge in [0, 0.05) is 23.1 Å². The summed E-state index contributed by atoms with van der Waals surface area (Å²) in [4.78, 5) is 0. The van der Waals surface area contributed by atoms with Crippen molar-refractivity contribution in [3.63, 3.8) is 0 Å². The molecule has 0 radical (unpaired) electrons. The summed E-state index contributed by atoms with van der Waals surface area (Å²) in [6.45, 7) is 4.48. The Kier molecular flexibility index (Phi) is 6.02. The highest BCUT2D eigenvalue weighted by Crippen LogP contribution is 2.38. The second-order valence-corrected chi connectivity index (χ2v) is 7.94. The summed E-state index contributed by atoms with van der Waals surface area (Å²) in [6, 6.07) is 18.7. The van der Waals surface area contributed by atoms with E-state index in [4.69, 9.17) is 13.0 Å². The number of para-hydroxylation sites is 1. The SMILES string of the molecule is C[N+]1=C(C#Cc2ccccc2)C(C)(C)c2ccccc21.O=S(=O)([O-])C(F)(F)F. The molecule has 0 spiro atoms. The Bertz CT molecular complexity index is 1060. The molecule has 0 saturated heterocycles. The van der Waals surface area contributed by atoms with E-state index in [9.17, 15) is 13.2 Å². The number of halogens is 3. The number of fused-ring (bicyclic) bond motifs is 1. The molecule has 8 heteroatoms. The maximum atomic E-state index is 10.7. The molecule has 28 heavy (non-hydrogen) atoms. The van der Waals surface area contributed by atoms with E-state index in [1.165, 1.54) is 11.3 Å². The Hall–Kier alpha value is -2.63. The van der Waals surface area contributed by atoms with Crippen LogP contribution in [0, 0.1) is 11.8 Å². The second kappa shape index (κ2) is 7.78. The van der Waals surface area contributed by atoms with Crippen LogP contribution in [0.4, 0.5) is 18.9 Å². The molecule has 2 aromatic rings. The van der Waals surface area contributed by atoms with E-state index in [2.05, 4.69) is 61.6 Å². The molecule has 0 aliphatic carbocycles. The van der Waals surface area contributed by atoms with Crippen LogP contribution >= 0.6 is 0 Å². The topological polar surface area (TPSA) is 60.2 Å². The fraction of sp³-hybridized carbons (Fsp3) is 0.250. The van der Waals surface area contributed by atoms with E-state index < -0.39 is 15.6 Å². The Labute approximate surface area is 162 Å². The average molecular weight is 409 g/mol. The second-order valence-electron chi connectivity index (χ2n) is 6.57. The van der Waals surface area contributed by atoms with Crippen LogP contribution in [0.25, 0.3) is 0 Å². The zero-order chi connectivity index (χ0) is 21.2. The molecule has 1 aliphatic rings. The molecule has 0 fully saturated rings. The van der Waals surface area contributed by atoms with Gasteiger partial charge < -0.3 is 4.55 Å². The fourth-order valence-electron chi connectivity index (χ4n) is 2.85. The van der Waals surface area contributed by atoms with Gasteiger partial charge in [-0.05, 0) is 26.0 Å². The van der Waals surface area contributed by atoms with Gasteiger partial charge in [0.25, 0.3) is 0 Å². The van der Waals surface area contributed by atoms with Crippen LogP contribution in [0.3, 0.4) is 0 Å². The number of nitrogens with zero attached hydrogens (tertiary/aromatic N) is 1. The van der Waals surface area contributed by atoms with Gasteiger partial charge in [-0.3, -0.25) is 0 Å². The molecule has 148 valence electrons. The van der Waals surface area contributed by atoms with Gasteiger partial charge in [0.1, 0.15) is 7.05 Å². The molecule has 1 heterocycles. The highest BCUT2D eigenvalue weighted by molar-refractivity contribution is 7.86. The van der Waals surface area contributed by atoms with E-state index >= 15 is 0 Å². The normalized spacial score (nSPS) is 15.1. The third-order valence-corrected chi connectivity index (χ3v) is 4.82. The van der Waals surface area contributed by atoms with Gasteiger partial charge in [0.2, 0.25) is 11.4 Å². The maximum absolute atomic E-state index is 10.7. The van der Waals surface area contributed by atoms with Crippen molar-refractivity contribution in [1.82, 2.24) is 0 Å². The van der Waals surface area contributed by atoms with Gasteiger partial charge in [-0.25, -0.2) is 8.42 Å². The Morgan fingerprint density at radius 1 is 0.964 bits per heavy atom. The number of hydrogen-bond donors (Lipinski definition) is 0. The van der Waals surface area contributed by atoms with Gasteiger partial charge in [-0.15, -0.1) is 0 Å². The molecule has 0 bridgehead atoms. The predicted octanol–water partition coefficient (Wildman–Crippen LogP) is 3.80. The molecule has 0 N–H and O–H groups in total. The van der Waals surface area contributed by atoms with E-state index in [0.717, 1.165) is 11.3 Å². The lowest BCUT2D eigenvalue weighted by Gasteiger charge is -2.13. The van der Waals surface area contributed by atoms with Crippen molar-refractivity contribution in [1.29, 1.82) is 0 Å². The summed E-state index contributed by atoms with van der Waals surface area (Å²) in [5.74, 6) is 6.66. The molecule has 0 aromatic heterocycles. The Morgan fingerprint density at radius 2 is 1.46 bits per heavy atom. The van der Waals surface area contributed by atoms with E-state index in [0.29, 0.717) is 0 Å². The van der Waals surface area contributed by atoms with Crippen LogP contribution in [-0.2, 0) is 15.5 Å². The number of hydrogen-bond acceptors (Lipinski definition) is 3. The summed E-state index contributed by atoms with van der Waals surface area (Å²) in [6.07, 6.45) is 0. The highest BCUT2D eigenvalue weighted by Gasteiger charge is 2.43. The molecule has 0 saturated carbocycles. The van der Waals surface area contributed by atoms with Crippen molar-refractivity contribution < 1.29 is 30.7 Å². The molecule has 0 atom stereocenters. The molecule has 3 rings (SSSR count).